The topological polar surface area (TPSA) is 25.6 Å². The number of ether oxygens (including phenoxy) is 1. The maximum Gasteiger partial charge on any atom is 0.252 e. The van der Waals surface area contributed by atoms with Crippen LogP contribution in [0, 0.1) is 0 Å². The fraction of sp³-hybridized carbons (Fsp3) is 0.0488. The van der Waals surface area contributed by atoms with E-state index in [1.165, 1.54) is 43.5 Å². The zero-order chi connectivity index (χ0) is 58.4. The molecule has 5 heterocycles. The Morgan fingerprint density at radius 2 is 0.739 bits per heavy atom. The highest BCUT2D eigenvalue weighted by molar-refractivity contribution is 7.00. The van der Waals surface area contributed by atoms with E-state index in [9.17, 15) is 0 Å². The van der Waals surface area contributed by atoms with Crippen LogP contribution in [0.2, 0.25) is 0 Å². The molecule has 3 aliphatic rings. The van der Waals surface area contributed by atoms with Crippen molar-refractivity contribution >= 4 is 101 Å². The molecule has 15 aromatic rings. The second kappa shape index (κ2) is 19.2. The number of rotatable bonds is 5. The van der Waals surface area contributed by atoms with Gasteiger partial charge in [-0.15, -0.1) is 0 Å². The Bertz CT molecular complexity index is 5220. The molecule has 6 heteroatoms. The van der Waals surface area contributed by atoms with Gasteiger partial charge in [0.05, 0.1) is 39.1 Å². The summed E-state index contributed by atoms with van der Waals surface area (Å²) in [6.45, 7) is 6.82. The largest absolute Gasteiger partial charge is 0.456 e. The molecule has 2 aromatic heterocycles. The number of hydrogen-bond donors (Lipinski definition) is 0. The third-order valence-corrected chi connectivity index (χ3v) is 18.8. The van der Waals surface area contributed by atoms with Crippen LogP contribution in [0.1, 0.15) is 26.3 Å². The van der Waals surface area contributed by atoms with E-state index in [4.69, 9.17) is 4.74 Å². The zero-order valence-corrected chi connectivity index (χ0v) is 49.0. The van der Waals surface area contributed by atoms with Gasteiger partial charge in [-0.25, -0.2) is 0 Å². The predicted octanol–water partition coefficient (Wildman–Crippen LogP) is 20.0. The monoisotopic (exact) mass is 1120 g/mol. The molecule has 13 aromatic carbocycles. The van der Waals surface area contributed by atoms with Crippen LogP contribution in [-0.2, 0) is 5.41 Å². The normalized spacial score (nSPS) is 13.0. The number of hydrogen-bond acceptors (Lipinski definition) is 3. The highest BCUT2D eigenvalue weighted by Crippen LogP contribution is 2.56. The molecular formula is C82H57BN4O. The Labute approximate surface area is 511 Å². The van der Waals surface area contributed by atoms with Gasteiger partial charge in [0.2, 0.25) is 0 Å². The van der Waals surface area contributed by atoms with Crippen molar-refractivity contribution in [3.63, 3.8) is 0 Å². The standard InChI is InChI=1S/C82H57BN4O/c1-82(2,3)54-47-66-65-35-16-23-44-78(65)88-77-43-22-15-34-64(77)63-33-14-21-42-73(63)86-75-50-56(85-71-40-19-12-31-61(71)62-32-13-20-41-72(62)85)51-76-79(75)83(68(48-54)81(66)86)67-46-45-55(84-69-38-17-10-29-59(69)60-30-11-18-39-70(60)84)49-74(67)87(76)80-57(52-25-6-4-7-26-52)36-24-37-58(80)53-27-8-5-9-28-53/h4-51H,1-3H3. The van der Waals surface area contributed by atoms with Crippen molar-refractivity contribution in [3.8, 4) is 67.4 Å². The van der Waals surface area contributed by atoms with Crippen LogP contribution in [0.25, 0.3) is 99.5 Å². The molecule has 0 amide bonds. The molecule has 414 valence electrons. The van der Waals surface area contributed by atoms with E-state index < -0.39 is 0 Å². The quantitative estimate of drug-likeness (QED) is 0.161. The minimum absolute atomic E-state index is 0.237. The minimum Gasteiger partial charge on any atom is -0.456 e. The summed E-state index contributed by atoms with van der Waals surface area (Å²) < 4.78 is 12.3. The lowest BCUT2D eigenvalue weighted by atomic mass is 9.33. The summed E-state index contributed by atoms with van der Waals surface area (Å²) in [5.74, 6) is 1.61. The fourth-order valence-electron chi connectivity index (χ4n) is 15.0. The molecule has 0 unspecified atom stereocenters. The summed E-state index contributed by atoms with van der Waals surface area (Å²) >= 11 is 0. The van der Waals surface area contributed by atoms with E-state index in [-0.39, 0.29) is 12.1 Å². The van der Waals surface area contributed by atoms with Gasteiger partial charge in [-0.3, -0.25) is 0 Å². The van der Waals surface area contributed by atoms with Crippen LogP contribution in [0.3, 0.4) is 0 Å². The Balaban J connectivity index is 1.07. The summed E-state index contributed by atoms with van der Waals surface area (Å²) in [4.78, 5) is 5.32. The molecule has 0 radical (unpaired) electrons. The SMILES string of the molecule is CC(C)(C)c1cc2c3c(c1)-c1ccccc1Oc1ccccc1-c1ccccc1N3c1cc(-n3c4ccccc4c4ccccc43)cc3c1B2c1ccc(-n2c4ccccc4c4ccccc42)cc1N3c1c(-c2ccccc2)cccc1-c1ccccc1. The molecule has 5 nitrogen and oxygen atoms in total. The molecule has 0 fully saturated rings. The highest BCUT2D eigenvalue weighted by atomic mass is 16.5. The number of nitrogens with zero attached hydrogens (tertiary/aromatic N) is 4. The van der Waals surface area contributed by atoms with E-state index >= 15 is 0 Å². The average molecular weight is 1130 g/mol. The molecule has 0 saturated carbocycles. The summed E-state index contributed by atoms with van der Waals surface area (Å²) in [6, 6.07) is 108. The number of benzene rings is 13. The lowest BCUT2D eigenvalue weighted by Gasteiger charge is -2.46. The summed E-state index contributed by atoms with van der Waals surface area (Å²) in [6.07, 6.45) is 0. The van der Waals surface area contributed by atoms with Gasteiger partial charge < -0.3 is 23.7 Å². The van der Waals surface area contributed by atoms with Crippen LogP contribution in [0.4, 0.5) is 34.1 Å². The van der Waals surface area contributed by atoms with Gasteiger partial charge >= 0.3 is 0 Å². The van der Waals surface area contributed by atoms with Crippen molar-refractivity contribution in [2.45, 2.75) is 26.2 Å². The van der Waals surface area contributed by atoms with Crippen molar-refractivity contribution < 1.29 is 4.74 Å². The second-order valence-corrected chi connectivity index (χ2v) is 24.7. The van der Waals surface area contributed by atoms with Crippen LogP contribution in [0.15, 0.2) is 291 Å². The highest BCUT2D eigenvalue weighted by Gasteiger charge is 2.47. The van der Waals surface area contributed by atoms with Crippen molar-refractivity contribution in [1.29, 1.82) is 0 Å². The van der Waals surface area contributed by atoms with Crippen LogP contribution in [-0.4, -0.2) is 15.8 Å². The average Bonchev–Trinajstić information content (AvgIpc) is 0.717. The number of anilines is 6. The lowest BCUT2D eigenvalue weighted by Crippen LogP contribution is -2.61. The maximum absolute atomic E-state index is 7.28. The predicted molar refractivity (Wildman–Crippen MR) is 370 cm³/mol. The third-order valence-electron chi connectivity index (χ3n) is 18.8. The van der Waals surface area contributed by atoms with Gasteiger partial charge in [0, 0.05) is 83.4 Å². The first-order chi connectivity index (χ1) is 43.3. The van der Waals surface area contributed by atoms with Crippen molar-refractivity contribution in [3.05, 3.63) is 297 Å². The molecule has 0 bridgehead atoms. The number of para-hydroxylation sites is 8. The van der Waals surface area contributed by atoms with Crippen molar-refractivity contribution in [2.75, 3.05) is 9.80 Å². The first kappa shape index (κ1) is 50.3. The Morgan fingerprint density at radius 3 is 1.28 bits per heavy atom. The van der Waals surface area contributed by atoms with Gasteiger partial charge in [0.25, 0.3) is 6.71 Å². The molecule has 0 aliphatic carbocycles. The smallest absolute Gasteiger partial charge is 0.252 e. The van der Waals surface area contributed by atoms with Gasteiger partial charge in [-0.2, -0.15) is 0 Å². The first-order valence-electron chi connectivity index (χ1n) is 30.6. The second-order valence-electron chi connectivity index (χ2n) is 24.7. The Kier molecular flexibility index (Phi) is 11.0. The molecule has 88 heavy (non-hydrogen) atoms. The van der Waals surface area contributed by atoms with E-state index in [0.29, 0.717) is 0 Å². The summed E-state index contributed by atoms with van der Waals surface area (Å²) in [7, 11) is 0. The first-order valence-corrected chi connectivity index (χ1v) is 30.6. The minimum atomic E-state index is -0.248. The van der Waals surface area contributed by atoms with Crippen molar-refractivity contribution in [2.24, 2.45) is 0 Å². The summed E-state index contributed by atoms with van der Waals surface area (Å²) in [5, 5.41) is 4.87. The molecule has 0 spiro atoms. The van der Waals surface area contributed by atoms with E-state index in [1.54, 1.807) is 0 Å². The molecule has 18 rings (SSSR count). The number of aromatic nitrogens is 2. The Hall–Kier alpha value is -11.1. The van der Waals surface area contributed by atoms with Gasteiger partial charge in [0.1, 0.15) is 11.5 Å². The van der Waals surface area contributed by atoms with E-state index in [0.717, 1.165) is 124 Å². The zero-order valence-electron chi connectivity index (χ0n) is 49.0. The van der Waals surface area contributed by atoms with Gasteiger partial charge in [0.15, 0.2) is 0 Å². The molecule has 0 atom stereocenters. The van der Waals surface area contributed by atoms with E-state index in [1.807, 2.05) is 0 Å². The third kappa shape index (κ3) is 7.42. The van der Waals surface area contributed by atoms with Crippen LogP contribution < -0.4 is 30.9 Å². The van der Waals surface area contributed by atoms with Gasteiger partial charge in [-0.1, -0.05) is 239 Å². The van der Waals surface area contributed by atoms with Crippen LogP contribution >= 0.6 is 0 Å². The molecule has 3 aliphatic heterocycles. The Morgan fingerprint density at radius 1 is 0.307 bits per heavy atom. The molecular weight excluding hydrogens is 1070 g/mol. The lowest BCUT2D eigenvalue weighted by molar-refractivity contribution is 0.486. The maximum atomic E-state index is 7.28. The van der Waals surface area contributed by atoms with Crippen molar-refractivity contribution in [1.82, 2.24) is 9.13 Å². The van der Waals surface area contributed by atoms with Crippen LogP contribution in [0.5, 0.6) is 11.5 Å². The van der Waals surface area contributed by atoms with Gasteiger partial charge in [-0.05, 0) is 111 Å². The summed E-state index contributed by atoms with van der Waals surface area (Å²) in [5.41, 5.74) is 26.9. The van der Waals surface area contributed by atoms with E-state index in [2.05, 4.69) is 331 Å². The fourth-order valence-corrected chi connectivity index (χ4v) is 15.0. The molecule has 0 N–H and O–H groups in total. The molecule has 0 saturated heterocycles. The number of fused-ring (bicyclic) bond motifs is 16.